The zero-order valence-electron chi connectivity index (χ0n) is 12.7. The van der Waals surface area contributed by atoms with Crippen LogP contribution in [-0.2, 0) is 6.42 Å². The standard InChI is InChI=1S/C14H28N4O/c1-11(2)6-9-18(10-7-12(3)4)14-17-16-13(19-14)5-8-15/h11-12H,5-10,15H2,1-4H3. The quantitative estimate of drug-likeness (QED) is 0.745. The van der Waals surface area contributed by atoms with E-state index < -0.39 is 0 Å². The third kappa shape index (κ3) is 6.05. The number of rotatable bonds is 9. The Balaban J connectivity index is 2.63. The molecule has 1 aromatic rings. The minimum atomic E-state index is 0.541. The van der Waals surface area contributed by atoms with Crippen molar-refractivity contribution in [1.82, 2.24) is 10.2 Å². The van der Waals surface area contributed by atoms with Gasteiger partial charge in [-0.25, -0.2) is 0 Å². The topological polar surface area (TPSA) is 68.2 Å². The molecule has 0 spiro atoms. The van der Waals surface area contributed by atoms with Crippen LogP contribution < -0.4 is 10.6 Å². The number of anilines is 1. The van der Waals surface area contributed by atoms with Crippen LogP contribution in [0.2, 0.25) is 0 Å². The minimum absolute atomic E-state index is 0.541. The fraction of sp³-hybridized carbons (Fsp3) is 0.857. The van der Waals surface area contributed by atoms with Crippen LogP contribution in [0.3, 0.4) is 0 Å². The molecule has 0 bridgehead atoms. The Hall–Kier alpha value is -1.10. The largest absolute Gasteiger partial charge is 0.408 e. The lowest BCUT2D eigenvalue weighted by molar-refractivity contribution is 0.460. The molecule has 0 aliphatic heterocycles. The maximum absolute atomic E-state index is 5.67. The van der Waals surface area contributed by atoms with E-state index in [1.807, 2.05) is 0 Å². The van der Waals surface area contributed by atoms with Gasteiger partial charge in [-0.15, -0.1) is 5.10 Å². The molecule has 0 aromatic carbocycles. The maximum atomic E-state index is 5.67. The Morgan fingerprint density at radius 2 is 1.63 bits per heavy atom. The lowest BCUT2D eigenvalue weighted by Gasteiger charge is -2.22. The van der Waals surface area contributed by atoms with Gasteiger partial charge >= 0.3 is 6.01 Å². The highest BCUT2D eigenvalue weighted by Gasteiger charge is 2.15. The number of hydrogen-bond donors (Lipinski definition) is 1. The zero-order valence-corrected chi connectivity index (χ0v) is 12.7. The van der Waals surface area contributed by atoms with Crippen molar-refractivity contribution in [3.05, 3.63) is 5.89 Å². The zero-order chi connectivity index (χ0) is 14.3. The monoisotopic (exact) mass is 268 g/mol. The van der Waals surface area contributed by atoms with Crippen molar-refractivity contribution >= 4 is 6.01 Å². The number of nitrogens with two attached hydrogens (primary N) is 1. The number of hydrogen-bond acceptors (Lipinski definition) is 5. The van der Waals surface area contributed by atoms with Gasteiger partial charge in [0.25, 0.3) is 0 Å². The van der Waals surface area contributed by atoms with Gasteiger partial charge in [0.1, 0.15) is 0 Å². The van der Waals surface area contributed by atoms with Crippen LogP contribution in [0.5, 0.6) is 0 Å². The van der Waals surface area contributed by atoms with Gasteiger partial charge in [0.05, 0.1) is 0 Å². The molecule has 0 unspecified atom stereocenters. The van der Waals surface area contributed by atoms with Gasteiger partial charge in [-0.2, -0.15) is 0 Å². The molecule has 1 aromatic heterocycles. The fourth-order valence-corrected chi connectivity index (χ4v) is 1.73. The van der Waals surface area contributed by atoms with Crippen LogP contribution in [-0.4, -0.2) is 29.8 Å². The average molecular weight is 268 g/mol. The summed E-state index contributed by atoms with van der Waals surface area (Å²) in [6, 6.07) is 0.643. The van der Waals surface area contributed by atoms with E-state index in [2.05, 4.69) is 42.8 Å². The van der Waals surface area contributed by atoms with Crippen LogP contribution >= 0.6 is 0 Å². The first-order valence-corrected chi connectivity index (χ1v) is 7.30. The number of aromatic nitrogens is 2. The second-order valence-corrected chi connectivity index (χ2v) is 5.87. The molecule has 19 heavy (non-hydrogen) atoms. The third-order valence-corrected chi connectivity index (χ3v) is 3.04. The molecule has 0 radical (unpaired) electrons. The highest BCUT2D eigenvalue weighted by atomic mass is 16.4. The first-order valence-electron chi connectivity index (χ1n) is 7.30. The Morgan fingerprint density at radius 3 is 2.11 bits per heavy atom. The van der Waals surface area contributed by atoms with Gasteiger partial charge in [0.15, 0.2) is 0 Å². The summed E-state index contributed by atoms with van der Waals surface area (Å²) in [4.78, 5) is 2.20. The summed E-state index contributed by atoms with van der Waals surface area (Å²) in [5.41, 5.74) is 5.50. The van der Waals surface area contributed by atoms with E-state index in [-0.39, 0.29) is 0 Å². The average Bonchev–Trinajstić information content (AvgIpc) is 2.77. The second kappa shape index (κ2) is 8.15. The Labute approximate surface area is 116 Å². The van der Waals surface area contributed by atoms with Gasteiger partial charge in [0, 0.05) is 26.1 Å². The van der Waals surface area contributed by atoms with E-state index in [0.717, 1.165) is 25.9 Å². The molecule has 0 aliphatic carbocycles. The fourth-order valence-electron chi connectivity index (χ4n) is 1.73. The molecule has 0 saturated heterocycles. The van der Waals surface area contributed by atoms with Crippen molar-refractivity contribution in [3.63, 3.8) is 0 Å². The normalized spacial score (nSPS) is 11.5. The molecule has 5 heteroatoms. The van der Waals surface area contributed by atoms with Crippen molar-refractivity contribution in [2.45, 2.75) is 47.0 Å². The van der Waals surface area contributed by atoms with Crippen LogP contribution in [0, 0.1) is 11.8 Å². The highest BCUT2D eigenvalue weighted by molar-refractivity contribution is 5.23. The van der Waals surface area contributed by atoms with Crippen LogP contribution in [0.25, 0.3) is 0 Å². The van der Waals surface area contributed by atoms with Crippen molar-refractivity contribution in [2.75, 3.05) is 24.5 Å². The van der Waals surface area contributed by atoms with E-state index in [1.54, 1.807) is 0 Å². The van der Waals surface area contributed by atoms with E-state index in [0.29, 0.717) is 36.7 Å². The molecule has 2 N–H and O–H groups in total. The van der Waals surface area contributed by atoms with Gasteiger partial charge in [-0.05, 0) is 24.7 Å². The van der Waals surface area contributed by atoms with E-state index in [4.69, 9.17) is 10.2 Å². The minimum Gasteiger partial charge on any atom is -0.408 e. The van der Waals surface area contributed by atoms with Gasteiger partial charge in [0.2, 0.25) is 5.89 Å². The second-order valence-electron chi connectivity index (χ2n) is 5.87. The summed E-state index contributed by atoms with van der Waals surface area (Å²) in [6.45, 7) is 11.4. The van der Waals surface area contributed by atoms with Gasteiger partial charge in [-0.3, -0.25) is 0 Å². The van der Waals surface area contributed by atoms with E-state index >= 15 is 0 Å². The molecule has 0 aliphatic rings. The summed E-state index contributed by atoms with van der Waals surface area (Å²) >= 11 is 0. The molecule has 0 atom stereocenters. The lowest BCUT2D eigenvalue weighted by Crippen LogP contribution is -2.27. The summed E-state index contributed by atoms with van der Waals surface area (Å²) < 4.78 is 5.67. The van der Waals surface area contributed by atoms with Crippen molar-refractivity contribution in [1.29, 1.82) is 0 Å². The summed E-state index contributed by atoms with van der Waals surface area (Å²) in [5.74, 6) is 1.98. The smallest absolute Gasteiger partial charge is 0.318 e. The molecule has 1 heterocycles. The summed E-state index contributed by atoms with van der Waals surface area (Å²) in [5, 5.41) is 8.19. The van der Waals surface area contributed by atoms with Gasteiger partial charge < -0.3 is 15.1 Å². The third-order valence-electron chi connectivity index (χ3n) is 3.04. The Bertz CT molecular complexity index is 337. The van der Waals surface area contributed by atoms with Crippen LogP contribution in [0.1, 0.15) is 46.4 Å². The summed E-state index contributed by atoms with van der Waals surface area (Å²) in [7, 11) is 0. The molecule has 0 amide bonds. The maximum Gasteiger partial charge on any atom is 0.318 e. The molecular weight excluding hydrogens is 240 g/mol. The molecular formula is C14H28N4O. The predicted octanol–water partition coefficient (Wildman–Crippen LogP) is 2.47. The first kappa shape index (κ1) is 16.0. The van der Waals surface area contributed by atoms with Crippen molar-refractivity contribution in [2.24, 2.45) is 17.6 Å². The van der Waals surface area contributed by atoms with E-state index in [1.165, 1.54) is 0 Å². The van der Waals surface area contributed by atoms with Crippen molar-refractivity contribution in [3.8, 4) is 0 Å². The molecule has 0 fully saturated rings. The van der Waals surface area contributed by atoms with Gasteiger partial charge in [-0.1, -0.05) is 32.8 Å². The molecule has 5 nitrogen and oxygen atoms in total. The highest BCUT2D eigenvalue weighted by Crippen LogP contribution is 2.16. The number of nitrogens with zero attached hydrogens (tertiary/aromatic N) is 3. The lowest BCUT2D eigenvalue weighted by atomic mass is 10.1. The van der Waals surface area contributed by atoms with E-state index in [9.17, 15) is 0 Å². The van der Waals surface area contributed by atoms with Crippen LogP contribution in [0.4, 0.5) is 6.01 Å². The first-order chi connectivity index (χ1) is 9.02. The van der Waals surface area contributed by atoms with Crippen LogP contribution in [0.15, 0.2) is 4.42 Å². The molecule has 0 saturated carbocycles. The van der Waals surface area contributed by atoms with Crippen molar-refractivity contribution < 1.29 is 4.42 Å². The molecule has 110 valence electrons. The summed E-state index contributed by atoms with van der Waals surface area (Å²) in [6.07, 6.45) is 2.91. The SMILES string of the molecule is CC(C)CCN(CCC(C)C)c1nnc(CCN)o1. The molecule has 1 rings (SSSR count). The Morgan fingerprint density at radius 1 is 1.05 bits per heavy atom. The predicted molar refractivity (Wildman–Crippen MR) is 78.2 cm³/mol. The Kier molecular flexibility index (Phi) is 6.84.